The molecule has 0 radical (unpaired) electrons. The first-order valence-electron chi connectivity index (χ1n) is 8.80. The Hall–Kier alpha value is -0.940. The molecule has 4 nitrogen and oxygen atoms in total. The third kappa shape index (κ3) is 3.45. The summed E-state index contributed by atoms with van der Waals surface area (Å²) in [6, 6.07) is 0.617. The Morgan fingerprint density at radius 2 is 1.87 bits per heavy atom. The topological polar surface area (TPSA) is 68.0 Å². The maximum Gasteiger partial charge on any atom is 0.263 e. The van der Waals surface area contributed by atoms with Gasteiger partial charge in [0.2, 0.25) is 0 Å². The lowest BCUT2D eigenvalue weighted by Crippen LogP contribution is -2.53. The fraction of sp³-hybridized carbons (Fsp3) is 0.778. The smallest absolute Gasteiger partial charge is 0.263 e. The fourth-order valence-corrected chi connectivity index (χ4v) is 5.20. The van der Waals surface area contributed by atoms with Crippen LogP contribution in [0.3, 0.4) is 0 Å². The van der Waals surface area contributed by atoms with Gasteiger partial charge in [-0.1, -0.05) is 27.2 Å². The van der Waals surface area contributed by atoms with Crippen molar-refractivity contribution in [2.24, 2.45) is 17.6 Å². The van der Waals surface area contributed by atoms with Gasteiger partial charge in [-0.05, 0) is 44.4 Å². The van der Waals surface area contributed by atoms with Crippen molar-refractivity contribution in [2.45, 2.75) is 77.3 Å². The van der Waals surface area contributed by atoms with Crippen LogP contribution in [0, 0.1) is 18.8 Å². The van der Waals surface area contributed by atoms with Gasteiger partial charge in [-0.3, -0.25) is 4.79 Å². The molecule has 3 N–H and O–H groups in total. The molecule has 0 aliphatic heterocycles. The summed E-state index contributed by atoms with van der Waals surface area (Å²) in [5.74, 6) is 1.17. The van der Waals surface area contributed by atoms with E-state index in [9.17, 15) is 4.79 Å². The van der Waals surface area contributed by atoms with Gasteiger partial charge in [-0.25, -0.2) is 4.98 Å². The van der Waals surface area contributed by atoms with Crippen LogP contribution in [-0.4, -0.2) is 23.0 Å². The standard InChI is InChI=1S/C18H29N3OS/c1-10-15(23-17(20-10)18(2,3)4)16(22)21-14-11-6-5-7-12(14)9-13(19)8-11/h11-14H,5-9,19H2,1-4H3,(H,21,22). The number of nitrogens with zero attached hydrogens (tertiary/aromatic N) is 1. The van der Waals surface area contributed by atoms with E-state index in [0.717, 1.165) is 28.4 Å². The van der Waals surface area contributed by atoms with E-state index in [-0.39, 0.29) is 11.3 Å². The fourth-order valence-electron chi connectivity index (χ4n) is 4.17. The number of thiazole rings is 1. The van der Waals surface area contributed by atoms with Crippen LogP contribution in [-0.2, 0) is 5.41 Å². The maximum atomic E-state index is 12.8. The van der Waals surface area contributed by atoms with Crippen LogP contribution in [0.1, 0.15) is 73.2 Å². The van der Waals surface area contributed by atoms with Crippen LogP contribution in [0.4, 0.5) is 0 Å². The SMILES string of the molecule is Cc1nc(C(C)(C)C)sc1C(=O)NC1C2CCCC1CC(N)C2. The van der Waals surface area contributed by atoms with Crippen molar-refractivity contribution in [3.05, 3.63) is 15.6 Å². The number of aromatic nitrogens is 1. The molecule has 1 aromatic rings. The number of amides is 1. The van der Waals surface area contributed by atoms with E-state index in [1.54, 1.807) is 11.3 Å². The highest BCUT2D eigenvalue weighted by molar-refractivity contribution is 7.14. The van der Waals surface area contributed by atoms with E-state index in [4.69, 9.17) is 5.73 Å². The Labute approximate surface area is 143 Å². The summed E-state index contributed by atoms with van der Waals surface area (Å²) >= 11 is 1.54. The van der Waals surface area contributed by atoms with E-state index < -0.39 is 0 Å². The zero-order chi connectivity index (χ0) is 16.8. The molecule has 2 aliphatic rings. The number of fused-ring (bicyclic) bond motifs is 2. The van der Waals surface area contributed by atoms with Gasteiger partial charge in [-0.2, -0.15) is 0 Å². The highest BCUT2D eigenvalue weighted by Gasteiger charge is 2.40. The highest BCUT2D eigenvalue weighted by Crippen LogP contribution is 2.40. The molecular formula is C18H29N3OS. The number of carbonyl (C=O) groups excluding carboxylic acids is 1. The molecule has 0 spiro atoms. The minimum atomic E-state index is -0.0118. The van der Waals surface area contributed by atoms with Gasteiger partial charge in [0.25, 0.3) is 5.91 Å². The zero-order valence-corrected chi connectivity index (χ0v) is 15.5. The van der Waals surface area contributed by atoms with Gasteiger partial charge in [0.1, 0.15) is 4.88 Å². The Morgan fingerprint density at radius 1 is 1.26 bits per heavy atom. The van der Waals surface area contributed by atoms with E-state index in [1.807, 2.05) is 6.92 Å². The largest absolute Gasteiger partial charge is 0.348 e. The first kappa shape index (κ1) is 16.9. The molecule has 23 heavy (non-hydrogen) atoms. The van der Waals surface area contributed by atoms with E-state index in [0.29, 0.717) is 23.9 Å². The lowest BCUT2D eigenvalue weighted by Gasteiger charge is -2.45. The molecule has 0 aromatic carbocycles. The number of rotatable bonds is 2. The third-order valence-electron chi connectivity index (χ3n) is 5.32. The van der Waals surface area contributed by atoms with Crippen LogP contribution in [0.5, 0.6) is 0 Å². The van der Waals surface area contributed by atoms with Crippen molar-refractivity contribution in [3.8, 4) is 0 Å². The predicted molar refractivity (Wildman–Crippen MR) is 94.8 cm³/mol. The van der Waals surface area contributed by atoms with E-state index in [2.05, 4.69) is 31.1 Å². The normalized spacial score (nSPS) is 31.0. The van der Waals surface area contributed by atoms with Gasteiger partial charge < -0.3 is 11.1 Å². The van der Waals surface area contributed by atoms with Gasteiger partial charge in [-0.15, -0.1) is 11.3 Å². The number of hydrogen-bond donors (Lipinski definition) is 2. The summed E-state index contributed by atoms with van der Waals surface area (Å²) < 4.78 is 0. The highest BCUT2D eigenvalue weighted by atomic mass is 32.1. The van der Waals surface area contributed by atoms with Gasteiger partial charge in [0.05, 0.1) is 10.7 Å². The molecule has 1 aromatic heterocycles. The molecule has 1 amide bonds. The molecule has 2 saturated carbocycles. The summed E-state index contributed by atoms with van der Waals surface area (Å²) in [6.45, 7) is 8.36. The Morgan fingerprint density at radius 3 is 2.39 bits per heavy atom. The van der Waals surface area contributed by atoms with Crippen LogP contribution in [0.15, 0.2) is 0 Å². The van der Waals surface area contributed by atoms with Crippen LogP contribution >= 0.6 is 11.3 Å². The second-order valence-corrected chi connectivity index (χ2v) is 9.36. The Kier molecular flexibility index (Phi) is 4.53. The summed E-state index contributed by atoms with van der Waals surface area (Å²) in [6.07, 6.45) is 5.78. The molecule has 1 heterocycles. The lowest BCUT2D eigenvalue weighted by atomic mass is 9.67. The van der Waals surface area contributed by atoms with Crippen LogP contribution in [0.25, 0.3) is 0 Å². The predicted octanol–water partition coefficient (Wildman–Crippen LogP) is 3.38. The number of nitrogens with two attached hydrogens (primary N) is 1. The summed E-state index contributed by atoms with van der Waals surface area (Å²) in [5.41, 5.74) is 7.03. The quantitative estimate of drug-likeness (QED) is 0.870. The first-order valence-corrected chi connectivity index (χ1v) is 9.61. The minimum Gasteiger partial charge on any atom is -0.348 e. The monoisotopic (exact) mass is 335 g/mol. The molecule has 2 aliphatic carbocycles. The van der Waals surface area contributed by atoms with Gasteiger partial charge in [0, 0.05) is 17.5 Å². The number of nitrogens with one attached hydrogen (secondary N) is 1. The van der Waals surface area contributed by atoms with Crippen LogP contribution < -0.4 is 11.1 Å². The summed E-state index contributed by atoms with van der Waals surface area (Å²) in [7, 11) is 0. The first-order chi connectivity index (χ1) is 10.8. The third-order valence-corrected chi connectivity index (χ3v) is 6.90. The molecule has 2 fully saturated rings. The molecule has 2 unspecified atom stereocenters. The number of carbonyl (C=O) groups is 1. The molecule has 5 heteroatoms. The number of aryl methyl sites for hydroxylation is 1. The van der Waals surface area contributed by atoms with Crippen molar-refractivity contribution in [1.29, 1.82) is 0 Å². The average Bonchev–Trinajstić information content (AvgIpc) is 2.82. The summed E-state index contributed by atoms with van der Waals surface area (Å²) in [5, 5.41) is 4.37. The minimum absolute atomic E-state index is 0.0118. The zero-order valence-electron chi connectivity index (χ0n) is 14.7. The van der Waals surface area contributed by atoms with Crippen LogP contribution in [0.2, 0.25) is 0 Å². The molecule has 2 atom stereocenters. The Bertz CT molecular complexity index is 576. The molecule has 2 bridgehead atoms. The van der Waals surface area contributed by atoms with Gasteiger partial charge >= 0.3 is 0 Å². The molecular weight excluding hydrogens is 306 g/mol. The Balaban J connectivity index is 1.76. The van der Waals surface area contributed by atoms with Crippen molar-refractivity contribution in [2.75, 3.05) is 0 Å². The lowest BCUT2D eigenvalue weighted by molar-refractivity contribution is 0.0759. The van der Waals surface area contributed by atoms with Crippen molar-refractivity contribution < 1.29 is 4.79 Å². The average molecular weight is 336 g/mol. The van der Waals surface area contributed by atoms with Crippen molar-refractivity contribution in [1.82, 2.24) is 10.3 Å². The van der Waals surface area contributed by atoms with Crippen molar-refractivity contribution in [3.63, 3.8) is 0 Å². The second kappa shape index (κ2) is 6.17. The summed E-state index contributed by atoms with van der Waals surface area (Å²) in [4.78, 5) is 18.2. The second-order valence-electron chi connectivity index (χ2n) is 8.37. The van der Waals surface area contributed by atoms with Crippen molar-refractivity contribution >= 4 is 17.2 Å². The molecule has 3 rings (SSSR count). The van der Waals surface area contributed by atoms with E-state index >= 15 is 0 Å². The van der Waals surface area contributed by atoms with Gasteiger partial charge in [0.15, 0.2) is 0 Å². The molecule has 128 valence electrons. The molecule has 0 saturated heterocycles. The van der Waals surface area contributed by atoms with E-state index in [1.165, 1.54) is 19.3 Å². The maximum absolute atomic E-state index is 12.8. The number of hydrogen-bond acceptors (Lipinski definition) is 4.